The van der Waals surface area contributed by atoms with Gasteiger partial charge in [-0.15, -0.1) is 0 Å². The van der Waals surface area contributed by atoms with Crippen LogP contribution >= 0.6 is 0 Å². The van der Waals surface area contributed by atoms with Gasteiger partial charge in [0.15, 0.2) is 0 Å². The maximum atomic E-state index is 12.0. The van der Waals surface area contributed by atoms with E-state index in [1.165, 1.54) is 24.8 Å². The minimum Gasteiger partial charge on any atom is -0.480 e. The molecule has 0 heterocycles. The van der Waals surface area contributed by atoms with E-state index in [9.17, 15) is 9.90 Å². The molecule has 0 saturated heterocycles. The molecule has 23 heavy (non-hydrogen) atoms. The highest BCUT2D eigenvalue weighted by Crippen LogP contribution is 2.41. The summed E-state index contributed by atoms with van der Waals surface area (Å²) < 4.78 is 0. The lowest BCUT2D eigenvalue weighted by Gasteiger charge is -2.32. The second-order valence-electron chi connectivity index (χ2n) is 6.59. The first-order valence-electron chi connectivity index (χ1n) is 8.77. The largest absolute Gasteiger partial charge is 0.480 e. The molecule has 1 aliphatic carbocycles. The number of unbranched alkanes of at least 4 members (excludes halogenated alkanes) is 4. The molecular formula is C21H28O2. The van der Waals surface area contributed by atoms with Crippen LogP contribution in [0.3, 0.4) is 0 Å². The topological polar surface area (TPSA) is 37.3 Å². The third kappa shape index (κ3) is 4.13. The standard InChI is InChI=1S/C21H28O2/c1-3-4-5-6-10-14-21(20(22)23)15-13-19(16-17(21)2)18-11-8-7-9-12-18/h7-9,11-13,15-16,19H,3-6,10,14H2,1-2H3,(H,22,23). The van der Waals surface area contributed by atoms with Crippen LogP contribution in [0.5, 0.6) is 0 Å². The maximum absolute atomic E-state index is 12.0. The Balaban J connectivity index is 2.10. The Kier molecular flexibility index (Phi) is 6.20. The van der Waals surface area contributed by atoms with Crippen molar-refractivity contribution >= 4 is 5.97 Å². The number of allylic oxidation sites excluding steroid dienone is 2. The van der Waals surface area contributed by atoms with Gasteiger partial charge in [0.05, 0.1) is 0 Å². The minimum absolute atomic E-state index is 0.184. The lowest BCUT2D eigenvalue weighted by atomic mass is 9.71. The lowest BCUT2D eigenvalue weighted by Crippen LogP contribution is -2.32. The Bertz CT molecular complexity index is 571. The zero-order valence-corrected chi connectivity index (χ0v) is 14.3. The van der Waals surface area contributed by atoms with Gasteiger partial charge in [0.1, 0.15) is 5.41 Å². The van der Waals surface area contributed by atoms with Gasteiger partial charge in [-0.25, -0.2) is 0 Å². The summed E-state index contributed by atoms with van der Waals surface area (Å²) in [6, 6.07) is 10.2. The Morgan fingerprint density at radius 1 is 1.13 bits per heavy atom. The zero-order chi connectivity index (χ0) is 16.7. The van der Waals surface area contributed by atoms with Crippen LogP contribution in [0.2, 0.25) is 0 Å². The first-order chi connectivity index (χ1) is 11.1. The third-order valence-electron chi connectivity index (χ3n) is 4.96. The maximum Gasteiger partial charge on any atom is 0.317 e. The zero-order valence-electron chi connectivity index (χ0n) is 14.3. The fourth-order valence-corrected chi connectivity index (χ4v) is 3.39. The summed E-state index contributed by atoms with van der Waals surface area (Å²) >= 11 is 0. The van der Waals surface area contributed by atoms with Crippen molar-refractivity contribution in [2.75, 3.05) is 0 Å². The predicted molar refractivity (Wildman–Crippen MR) is 95.5 cm³/mol. The van der Waals surface area contributed by atoms with E-state index in [4.69, 9.17) is 0 Å². The molecule has 0 bridgehead atoms. The highest BCUT2D eigenvalue weighted by molar-refractivity contribution is 5.81. The Hall–Kier alpha value is -1.83. The van der Waals surface area contributed by atoms with Gasteiger partial charge in [-0.3, -0.25) is 4.79 Å². The van der Waals surface area contributed by atoms with Gasteiger partial charge in [-0.2, -0.15) is 0 Å². The van der Waals surface area contributed by atoms with Crippen molar-refractivity contribution in [2.24, 2.45) is 5.41 Å². The molecule has 0 aromatic heterocycles. The van der Waals surface area contributed by atoms with E-state index in [0.29, 0.717) is 6.42 Å². The number of hydrogen-bond acceptors (Lipinski definition) is 1. The van der Waals surface area contributed by atoms with Crippen LogP contribution in [0.25, 0.3) is 0 Å². The molecule has 1 aromatic rings. The van der Waals surface area contributed by atoms with Gasteiger partial charge < -0.3 is 5.11 Å². The van der Waals surface area contributed by atoms with Crippen molar-refractivity contribution < 1.29 is 9.90 Å². The molecule has 2 rings (SSSR count). The van der Waals surface area contributed by atoms with Crippen LogP contribution in [0.1, 0.15) is 63.9 Å². The van der Waals surface area contributed by atoms with Crippen molar-refractivity contribution in [3.8, 4) is 0 Å². The summed E-state index contributed by atoms with van der Waals surface area (Å²) in [7, 11) is 0. The van der Waals surface area contributed by atoms with Gasteiger partial charge in [0.2, 0.25) is 0 Å². The van der Waals surface area contributed by atoms with Gasteiger partial charge in [0, 0.05) is 5.92 Å². The molecule has 2 nitrogen and oxygen atoms in total. The average molecular weight is 312 g/mol. The molecule has 1 N–H and O–H groups in total. The first-order valence-corrected chi connectivity index (χ1v) is 8.77. The summed E-state index contributed by atoms with van der Waals surface area (Å²) in [6.07, 6.45) is 12.5. The molecule has 0 spiro atoms. The molecule has 2 atom stereocenters. The Labute approximate surface area is 139 Å². The average Bonchev–Trinajstić information content (AvgIpc) is 2.56. The number of aliphatic carboxylic acids is 1. The molecule has 124 valence electrons. The van der Waals surface area contributed by atoms with Crippen molar-refractivity contribution in [1.29, 1.82) is 0 Å². The minimum atomic E-state index is -0.808. The monoisotopic (exact) mass is 312 g/mol. The van der Waals surface area contributed by atoms with Crippen LogP contribution < -0.4 is 0 Å². The highest BCUT2D eigenvalue weighted by atomic mass is 16.4. The third-order valence-corrected chi connectivity index (χ3v) is 4.96. The van der Waals surface area contributed by atoms with E-state index in [-0.39, 0.29) is 5.92 Å². The van der Waals surface area contributed by atoms with Crippen LogP contribution in [-0.4, -0.2) is 11.1 Å². The Morgan fingerprint density at radius 3 is 2.43 bits per heavy atom. The Morgan fingerprint density at radius 2 is 1.83 bits per heavy atom. The van der Waals surface area contributed by atoms with Crippen molar-refractivity contribution in [2.45, 2.75) is 58.3 Å². The van der Waals surface area contributed by atoms with Crippen LogP contribution in [0.4, 0.5) is 0 Å². The number of hydrogen-bond donors (Lipinski definition) is 1. The molecule has 2 unspecified atom stereocenters. The second-order valence-corrected chi connectivity index (χ2v) is 6.59. The van der Waals surface area contributed by atoms with E-state index in [2.05, 4.69) is 31.2 Å². The lowest BCUT2D eigenvalue weighted by molar-refractivity contribution is -0.144. The molecule has 1 aliphatic rings. The molecule has 0 aliphatic heterocycles. The molecule has 0 fully saturated rings. The summed E-state index contributed by atoms with van der Waals surface area (Å²) in [5.74, 6) is -0.534. The van der Waals surface area contributed by atoms with Gasteiger partial charge in [-0.1, -0.05) is 93.2 Å². The smallest absolute Gasteiger partial charge is 0.317 e. The predicted octanol–water partition coefficient (Wildman–Crippen LogP) is 5.72. The highest BCUT2D eigenvalue weighted by Gasteiger charge is 2.39. The summed E-state index contributed by atoms with van der Waals surface area (Å²) in [5, 5.41) is 9.83. The number of benzene rings is 1. The van der Waals surface area contributed by atoms with Crippen LogP contribution in [0.15, 0.2) is 54.1 Å². The van der Waals surface area contributed by atoms with Gasteiger partial charge in [-0.05, 0) is 18.9 Å². The van der Waals surface area contributed by atoms with E-state index < -0.39 is 11.4 Å². The molecule has 2 heteroatoms. The summed E-state index contributed by atoms with van der Waals surface area (Å²) in [5.41, 5.74) is 1.37. The SMILES string of the molecule is CCCCCCCC1(C(=O)O)C=CC(c2ccccc2)C=C1C. The number of carboxylic acid groups (broad SMARTS) is 1. The number of carbonyl (C=O) groups is 1. The van der Waals surface area contributed by atoms with E-state index in [0.717, 1.165) is 18.4 Å². The second kappa shape index (κ2) is 8.14. The number of rotatable bonds is 8. The van der Waals surface area contributed by atoms with Gasteiger partial charge in [0.25, 0.3) is 0 Å². The van der Waals surface area contributed by atoms with E-state index in [1.807, 2.05) is 31.2 Å². The van der Waals surface area contributed by atoms with E-state index in [1.54, 1.807) is 0 Å². The van der Waals surface area contributed by atoms with E-state index >= 15 is 0 Å². The van der Waals surface area contributed by atoms with Gasteiger partial charge >= 0.3 is 5.97 Å². The van der Waals surface area contributed by atoms with Crippen molar-refractivity contribution in [3.05, 3.63) is 59.7 Å². The molecule has 1 aromatic carbocycles. The normalized spacial score (nSPS) is 23.6. The van der Waals surface area contributed by atoms with Crippen LogP contribution in [-0.2, 0) is 4.79 Å². The van der Waals surface area contributed by atoms with Crippen molar-refractivity contribution in [3.63, 3.8) is 0 Å². The van der Waals surface area contributed by atoms with Crippen molar-refractivity contribution in [1.82, 2.24) is 0 Å². The quantitative estimate of drug-likeness (QED) is 0.492. The fourth-order valence-electron chi connectivity index (χ4n) is 3.39. The first kappa shape index (κ1) is 17.5. The molecular weight excluding hydrogens is 284 g/mol. The molecule has 0 radical (unpaired) electrons. The van der Waals surface area contributed by atoms with Crippen LogP contribution in [0, 0.1) is 5.41 Å². The number of carboxylic acids is 1. The molecule has 0 saturated carbocycles. The summed E-state index contributed by atoms with van der Waals surface area (Å²) in [6.45, 7) is 4.17. The fraction of sp³-hybridized carbons (Fsp3) is 0.476. The summed E-state index contributed by atoms with van der Waals surface area (Å²) in [4.78, 5) is 12.0. The molecule has 0 amide bonds.